The van der Waals surface area contributed by atoms with Crippen molar-refractivity contribution in [1.29, 1.82) is 0 Å². The van der Waals surface area contributed by atoms with Gasteiger partial charge in [0.1, 0.15) is 5.75 Å². The number of phenolic OH excluding ortho intramolecular Hbond substituents is 1. The zero-order valence-electron chi connectivity index (χ0n) is 7.98. The van der Waals surface area contributed by atoms with Crippen molar-refractivity contribution in [3.63, 3.8) is 0 Å². The van der Waals surface area contributed by atoms with Crippen LogP contribution in [0.5, 0.6) is 5.75 Å². The number of hydrogen-bond donors (Lipinski definition) is 2. The highest BCUT2D eigenvalue weighted by atomic mass is 35.5. The standard InChI is InChI=1S/C10H11ClN2O2/c11-6-1-2-9(14)8(3-6)13-5-7(12)4-10(13)15/h1-3,7,14H,4-5,12H2. The van der Waals surface area contributed by atoms with E-state index < -0.39 is 0 Å². The van der Waals surface area contributed by atoms with Gasteiger partial charge in [-0.25, -0.2) is 0 Å². The summed E-state index contributed by atoms with van der Waals surface area (Å²) in [5.74, 6) is -0.0399. The Morgan fingerprint density at radius 1 is 1.53 bits per heavy atom. The molecule has 1 aromatic rings. The van der Waals surface area contributed by atoms with E-state index in [0.717, 1.165) is 0 Å². The number of aromatic hydroxyl groups is 1. The maximum atomic E-state index is 11.5. The molecule has 1 saturated heterocycles. The van der Waals surface area contributed by atoms with Crippen molar-refractivity contribution in [3.8, 4) is 5.75 Å². The summed E-state index contributed by atoms with van der Waals surface area (Å²) in [6.07, 6.45) is 0.311. The first-order valence-corrected chi connectivity index (χ1v) is 5.00. The van der Waals surface area contributed by atoms with Crippen molar-refractivity contribution in [2.75, 3.05) is 11.4 Å². The SMILES string of the molecule is NC1CC(=O)N(c2cc(Cl)ccc2O)C1. The van der Waals surface area contributed by atoms with Gasteiger partial charge in [-0.2, -0.15) is 0 Å². The van der Waals surface area contributed by atoms with E-state index in [4.69, 9.17) is 17.3 Å². The van der Waals surface area contributed by atoms with Crippen LogP contribution in [0.15, 0.2) is 18.2 Å². The van der Waals surface area contributed by atoms with Crippen LogP contribution in [0.3, 0.4) is 0 Å². The number of rotatable bonds is 1. The number of nitrogens with zero attached hydrogens (tertiary/aromatic N) is 1. The molecule has 1 atom stereocenters. The summed E-state index contributed by atoms with van der Waals surface area (Å²) in [4.78, 5) is 13.0. The van der Waals surface area contributed by atoms with E-state index in [1.165, 1.54) is 11.0 Å². The summed E-state index contributed by atoms with van der Waals surface area (Å²) in [6.45, 7) is 0.423. The molecular weight excluding hydrogens is 216 g/mol. The van der Waals surface area contributed by atoms with E-state index in [2.05, 4.69) is 0 Å². The Morgan fingerprint density at radius 3 is 2.87 bits per heavy atom. The number of carbonyl (C=O) groups is 1. The van der Waals surface area contributed by atoms with Crippen LogP contribution in [0.2, 0.25) is 5.02 Å². The van der Waals surface area contributed by atoms with Gasteiger partial charge in [-0.05, 0) is 18.2 Å². The van der Waals surface area contributed by atoms with E-state index in [1.54, 1.807) is 12.1 Å². The lowest BCUT2D eigenvalue weighted by atomic mass is 10.2. The predicted molar refractivity (Wildman–Crippen MR) is 58.1 cm³/mol. The molecule has 0 saturated carbocycles. The Bertz CT molecular complexity index is 408. The van der Waals surface area contributed by atoms with E-state index in [-0.39, 0.29) is 17.7 Å². The molecule has 5 heteroatoms. The maximum Gasteiger partial charge on any atom is 0.228 e. The number of amides is 1. The Hall–Kier alpha value is -1.26. The summed E-state index contributed by atoms with van der Waals surface area (Å²) in [7, 11) is 0. The molecular formula is C10H11ClN2O2. The molecule has 15 heavy (non-hydrogen) atoms. The second-order valence-electron chi connectivity index (χ2n) is 3.60. The molecule has 0 aromatic heterocycles. The fraction of sp³-hybridized carbons (Fsp3) is 0.300. The molecule has 4 nitrogen and oxygen atoms in total. The van der Waals surface area contributed by atoms with Crippen LogP contribution < -0.4 is 10.6 Å². The summed E-state index contributed by atoms with van der Waals surface area (Å²) in [5, 5.41) is 10.1. The first kappa shape index (κ1) is 10.3. The summed E-state index contributed by atoms with van der Waals surface area (Å²) >= 11 is 5.80. The highest BCUT2D eigenvalue weighted by Crippen LogP contribution is 2.32. The fourth-order valence-electron chi connectivity index (χ4n) is 1.68. The molecule has 1 unspecified atom stereocenters. The highest BCUT2D eigenvalue weighted by Gasteiger charge is 2.29. The van der Waals surface area contributed by atoms with Crippen LogP contribution in [-0.2, 0) is 4.79 Å². The first-order chi connectivity index (χ1) is 7.08. The third-order valence-electron chi connectivity index (χ3n) is 2.38. The van der Waals surface area contributed by atoms with Gasteiger partial charge in [0.05, 0.1) is 5.69 Å². The lowest BCUT2D eigenvalue weighted by molar-refractivity contribution is -0.117. The van der Waals surface area contributed by atoms with E-state index in [1.807, 2.05) is 0 Å². The zero-order valence-corrected chi connectivity index (χ0v) is 8.74. The minimum atomic E-state index is -0.170. The number of phenols is 1. The van der Waals surface area contributed by atoms with Gasteiger partial charge in [0.25, 0.3) is 0 Å². The van der Waals surface area contributed by atoms with Gasteiger partial charge in [0, 0.05) is 24.0 Å². The summed E-state index contributed by atoms with van der Waals surface area (Å²) < 4.78 is 0. The summed E-state index contributed by atoms with van der Waals surface area (Å²) in [5.41, 5.74) is 6.09. The number of carbonyl (C=O) groups excluding carboxylic acids is 1. The van der Waals surface area contributed by atoms with Crippen molar-refractivity contribution >= 4 is 23.2 Å². The monoisotopic (exact) mass is 226 g/mol. The lowest BCUT2D eigenvalue weighted by Gasteiger charge is -2.17. The van der Waals surface area contributed by atoms with E-state index >= 15 is 0 Å². The van der Waals surface area contributed by atoms with E-state index in [9.17, 15) is 9.90 Å². The second kappa shape index (κ2) is 3.72. The van der Waals surface area contributed by atoms with Gasteiger partial charge in [0.15, 0.2) is 0 Å². The van der Waals surface area contributed by atoms with Crippen LogP contribution >= 0.6 is 11.6 Å². The largest absolute Gasteiger partial charge is 0.506 e. The molecule has 1 aromatic carbocycles. The van der Waals surface area contributed by atoms with Crippen LogP contribution in [0.4, 0.5) is 5.69 Å². The van der Waals surface area contributed by atoms with Gasteiger partial charge in [-0.15, -0.1) is 0 Å². The first-order valence-electron chi connectivity index (χ1n) is 4.62. The topological polar surface area (TPSA) is 66.6 Å². The molecule has 1 heterocycles. The summed E-state index contributed by atoms with van der Waals surface area (Å²) in [6, 6.07) is 4.43. The number of benzene rings is 1. The molecule has 1 fully saturated rings. The normalized spacial score (nSPS) is 21.1. The average Bonchev–Trinajstić information content (AvgIpc) is 2.50. The molecule has 1 aliphatic rings. The van der Waals surface area contributed by atoms with E-state index in [0.29, 0.717) is 23.7 Å². The van der Waals surface area contributed by atoms with Crippen LogP contribution in [0.25, 0.3) is 0 Å². The van der Waals surface area contributed by atoms with Crippen molar-refractivity contribution in [1.82, 2.24) is 0 Å². The average molecular weight is 227 g/mol. The number of anilines is 1. The quantitative estimate of drug-likeness (QED) is 0.754. The molecule has 0 spiro atoms. The minimum absolute atomic E-state index is 0.0434. The highest BCUT2D eigenvalue weighted by molar-refractivity contribution is 6.31. The zero-order chi connectivity index (χ0) is 11.0. The predicted octanol–water partition coefficient (Wildman–Crippen LogP) is 1.11. The van der Waals surface area contributed by atoms with Gasteiger partial charge >= 0.3 is 0 Å². The van der Waals surface area contributed by atoms with Gasteiger partial charge in [-0.3, -0.25) is 4.79 Å². The molecule has 1 amide bonds. The lowest BCUT2D eigenvalue weighted by Crippen LogP contribution is -2.27. The fourth-order valence-corrected chi connectivity index (χ4v) is 1.85. The maximum absolute atomic E-state index is 11.5. The van der Waals surface area contributed by atoms with Gasteiger partial charge in [0.2, 0.25) is 5.91 Å². The Morgan fingerprint density at radius 2 is 2.27 bits per heavy atom. The van der Waals surface area contributed by atoms with Crippen molar-refractivity contribution < 1.29 is 9.90 Å². The van der Waals surface area contributed by atoms with Crippen molar-refractivity contribution in [2.45, 2.75) is 12.5 Å². The van der Waals surface area contributed by atoms with Gasteiger partial charge < -0.3 is 15.7 Å². The minimum Gasteiger partial charge on any atom is -0.506 e. The smallest absolute Gasteiger partial charge is 0.228 e. The van der Waals surface area contributed by atoms with Crippen LogP contribution in [0, 0.1) is 0 Å². The number of halogens is 1. The molecule has 80 valence electrons. The van der Waals surface area contributed by atoms with Gasteiger partial charge in [-0.1, -0.05) is 11.6 Å². The van der Waals surface area contributed by atoms with Crippen molar-refractivity contribution in [2.24, 2.45) is 5.73 Å². The number of hydrogen-bond acceptors (Lipinski definition) is 3. The van der Waals surface area contributed by atoms with Crippen LogP contribution in [0.1, 0.15) is 6.42 Å². The third kappa shape index (κ3) is 1.91. The van der Waals surface area contributed by atoms with Crippen molar-refractivity contribution in [3.05, 3.63) is 23.2 Å². The molecule has 2 rings (SSSR count). The van der Waals surface area contributed by atoms with Crippen LogP contribution in [-0.4, -0.2) is 23.6 Å². The Kier molecular flexibility index (Phi) is 2.54. The molecule has 3 N–H and O–H groups in total. The molecule has 0 radical (unpaired) electrons. The molecule has 0 bridgehead atoms. The Balaban J connectivity index is 2.37. The molecule has 1 aliphatic heterocycles. The number of nitrogens with two attached hydrogens (primary N) is 1. The Labute approximate surface area is 92.2 Å². The third-order valence-corrected chi connectivity index (χ3v) is 2.62. The second-order valence-corrected chi connectivity index (χ2v) is 4.04. The molecule has 0 aliphatic carbocycles.